The van der Waals surface area contributed by atoms with Crippen LogP contribution in [0.15, 0.2) is 42.7 Å². The smallest absolute Gasteiger partial charge is 0.141 e. The number of ether oxygens (including phenoxy) is 1. The van der Waals surface area contributed by atoms with Gasteiger partial charge in [-0.25, -0.2) is 4.98 Å². The fourth-order valence-corrected chi connectivity index (χ4v) is 2.14. The number of imidazole rings is 1. The van der Waals surface area contributed by atoms with Crippen molar-refractivity contribution < 1.29 is 4.74 Å². The Morgan fingerprint density at radius 2 is 2.12 bits per heavy atom. The van der Waals surface area contributed by atoms with E-state index in [9.17, 15) is 0 Å². The highest BCUT2D eigenvalue weighted by atomic mass is 16.5. The minimum absolute atomic E-state index is 0.165. The summed E-state index contributed by atoms with van der Waals surface area (Å²) in [6.07, 6.45) is 6.22. The predicted molar refractivity (Wildman–Crippen MR) is 61.9 cm³/mol. The van der Waals surface area contributed by atoms with Gasteiger partial charge in [0.05, 0.1) is 0 Å². The molecule has 3 heteroatoms. The number of benzene rings is 1. The third kappa shape index (κ3) is 1.63. The molecule has 1 fully saturated rings. The first-order valence-corrected chi connectivity index (χ1v) is 5.65. The number of rotatable bonds is 2. The summed E-state index contributed by atoms with van der Waals surface area (Å²) in [5, 5.41) is 0. The van der Waals surface area contributed by atoms with Gasteiger partial charge in [-0.1, -0.05) is 30.3 Å². The lowest BCUT2D eigenvalue weighted by molar-refractivity contribution is 0.0579. The summed E-state index contributed by atoms with van der Waals surface area (Å²) < 4.78 is 7.81. The second-order valence-electron chi connectivity index (χ2n) is 3.99. The highest BCUT2D eigenvalue weighted by Crippen LogP contribution is 2.28. The maximum atomic E-state index is 5.68. The van der Waals surface area contributed by atoms with Gasteiger partial charge in [0.1, 0.15) is 12.1 Å². The second-order valence-corrected chi connectivity index (χ2v) is 3.99. The lowest BCUT2D eigenvalue weighted by Crippen LogP contribution is -2.07. The average molecular weight is 214 g/mol. The fourth-order valence-electron chi connectivity index (χ4n) is 2.14. The molecule has 1 atom stereocenters. The van der Waals surface area contributed by atoms with E-state index in [0.29, 0.717) is 0 Å². The van der Waals surface area contributed by atoms with Gasteiger partial charge in [0.15, 0.2) is 0 Å². The zero-order chi connectivity index (χ0) is 10.8. The molecule has 1 unspecified atom stereocenters. The van der Waals surface area contributed by atoms with Crippen molar-refractivity contribution >= 4 is 0 Å². The summed E-state index contributed by atoms with van der Waals surface area (Å²) in [6.45, 7) is 0.858. The molecule has 0 aliphatic carbocycles. The first kappa shape index (κ1) is 9.60. The van der Waals surface area contributed by atoms with E-state index in [1.165, 1.54) is 0 Å². The molecular weight excluding hydrogens is 200 g/mol. The highest BCUT2D eigenvalue weighted by molar-refractivity contribution is 5.55. The van der Waals surface area contributed by atoms with Crippen LogP contribution < -0.4 is 0 Å². The molecule has 0 saturated carbocycles. The lowest BCUT2D eigenvalue weighted by Gasteiger charge is -2.14. The Morgan fingerprint density at radius 3 is 2.88 bits per heavy atom. The molecule has 0 bridgehead atoms. The van der Waals surface area contributed by atoms with Crippen LogP contribution in [0.3, 0.4) is 0 Å². The zero-order valence-electron chi connectivity index (χ0n) is 9.04. The molecule has 1 aromatic heterocycles. The molecule has 3 nitrogen and oxygen atoms in total. The van der Waals surface area contributed by atoms with Crippen LogP contribution in [-0.2, 0) is 4.74 Å². The molecular formula is C13H14N2O. The van der Waals surface area contributed by atoms with Crippen molar-refractivity contribution in [3.05, 3.63) is 42.7 Å². The van der Waals surface area contributed by atoms with Crippen molar-refractivity contribution in [2.24, 2.45) is 0 Å². The minimum atomic E-state index is 0.165. The molecule has 1 aromatic carbocycles. The van der Waals surface area contributed by atoms with E-state index in [0.717, 1.165) is 30.8 Å². The van der Waals surface area contributed by atoms with Crippen molar-refractivity contribution in [1.82, 2.24) is 9.55 Å². The van der Waals surface area contributed by atoms with Gasteiger partial charge in [0, 0.05) is 24.6 Å². The van der Waals surface area contributed by atoms with Crippen LogP contribution in [0, 0.1) is 0 Å². The first-order valence-electron chi connectivity index (χ1n) is 5.65. The van der Waals surface area contributed by atoms with Crippen LogP contribution in [0.25, 0.3) is 11.4 Å². The van der Waals surface area contributed by atoms with Crippen LogP contribution in [0.1, 0.15) is 19.1 Å². The van der Waals surface area contributed by atoms with Gasteiger partial charge in [0.2, 0.25) is 0 Å². The summed E-state index contributed by atoms with van der Waals surface area (Å²) in [5.41, 5.74) is 1.14. The first-order chi connectivity index (χ1) is 7.95. The van der Waals surface area contributed by atoms with Crippen LogP contribution >= 0.6 is 0 Å². The van der Waals surface area contributed by atoms with Gasteiger partial charge in [-0.15, -0.1) is 0 Å². The van der Waals surface area contributed by atoms with Gasteiger partial charge in [-0.2, -0.15) is 0 Å². The molecule has 0 amide bonds. The second kappa shape index (κ2) is 4.10. The van der Waals surface area contributed by atoms with Crippen molar-refractivity contribution in [3.63, 3.8) is 0 Å². The van der Waals surface area contributed by atoms with Gasteiger partial charge in [-0.05, 0) is 12.8 Å². The number of nitrogens with zero attached hydrogens (tertiary/aromatic N) is 2. The van der Waals surface area contributed by atoms with Gasteiger partial charge in [-0.3, -0.25) is 0 Å². The van der Waals surface area contributed by atoms with Crippen molar-refractivity contribution in [2.75, 3.05) is 6.61 Å². The van der Waals surface area contributed by atoms with Crippen LogP contribution in [-0.4, -0.2) is 16.2 Å². The summed E-state index contributed by atoms with van der Waals surface area (Å²) in [7, 11) is 0. The molecule has 3 rings (SSSR count). The van der Waals surface area contributed by atoms with E-state index < -0.39 is 0 Å². The summed E-state index contributed by atoms with van der Waals surface area (Å²) in [5.74, 6) is 0.993. The Hall–Kier alpha value is -1.61. The summed E-state index contributed by atoms with van der Waals surface area (Å²) >= 11 is 0. The fraction of sp³-hybridized carbons (Fsp3) is 0.308. The number of aromatic nitrogens is 2. The van der Waals surface area contributed by atoms with Gasteiger partial charge >= 0.3 is 0 Å². The summed E-state index contributed by atoms with van der Waals surface area (Å²) in [4.78, 5) is 4.41. The van der Waals surface area contributed by atoms with Crippen LogP contribution in [0.5, 0.6) is 0 Å². The third-order valence-electron chi connectivity index (χ3n) is 2.92. The SMILES string of the molecule is c1ccc(-c2nccn2C2CCCO2)cc1. The topological polar surface area (TPSA) is 27.1 Å². The maximum absolute atomic E-state index is 5.68. The maximum Gasteiger partial charge on any atom is 0.141 e. The monoisotopic (exact) mass is 214 g/mol. The molecule has 1 aliphatic rings. The number of hydrogen-bond acceptors (Lipinski definition) is 2. The molecule has 1 saturated heterocycles. The molecule has 16 heavy (non-hydrogen) atoms. The van der Waals surface area contributed by atoms with Gasteiger partial charge in [0.25, 0.3) is 0 Å². The van der Waals surface area contributed by atoms with Gasteiger partial charge < -0.3 is 9.30 Å². The van der Waals surface area contributed by atoms with Crippen LogP contribution in [0.4, 0.5) is 0 Å². The molecule has 2 heterocycles. The Labute approximate surface area is 94.7 Å². The van der Waals surface area contributed by atoms with Crippen LogP contribution in [0.2, 0.25) is 0 Å². The van der Waals surface area contributed by atoms with E-state index in [1.807, 2.05) is 30.6 Å². The molecule has 0 N–H and O–H groups in total. The minimum Gasteiger partial charge on any atom is -0.358 e. The molecule has 0 spiro atoms. The Bertz CT molecular complexity index is 458. The van der Waals surface area contributed by atoms with Crippen molar-refractivity contribution in [1.29, 1.82) is 0 Å². The van der Waals surface area contributed by atoms with E-state index >= 15 is 0 Å². The average Bonchev–Trinajstić information content (AvgIpc) is 3.01. The van der Waals surface area contributed by atoms with E-state index in [2.05, 4.69) is 21.7 Å². The van der Waals surface area contributed by atoms with E-state index in [1.54, 1.807) is 0 Å². The Kier molecular flexibility index (Phi) is 2.46. The van der Waals surface area contributed by atoms with Crippen molar-refractivity contribution in [3.8, 4) is 11.4 Å². The molecule has 1 aliphatic heterocycles. The summed E-state index contributed by atoms with van der Waals surface area (Å²) in [6, 6.07) is 10.2. The van der Waals surface area contributed by atoms with E-state index in [4.69, 9.17) is 4.74 Å². The standard InChI is InChI=1S/C13H14N2O/c1-2-5-11(6-3-1)13-14-8-9-15(13)12-7-4-10-16-12/h1-3,5-6,8-9,12H,4,7,10H2. The highest BCUT2D eigenvalue weighted by Gasteiger charge is 2.20. The lowest BCUT2D eigenvalue weighted by atomic mass is 10.2. The molecule has 0 radical (unpaired) electrons. The third-order valence-corrected chi connectivity index (χ3v) is 2.92. The Balaban J connectivity index is 1.99. The normalized spacial score (nSPS) is 20.1. The predicted octanol–water partition coefficient (Wildman–Crippen LogP) is 2.86. The number of hydrogen-bond donors (Lipinski definition) is 0. The molecule has 2 aromatic rings. The quantitative estimate of drug-likeness (QED) is 0.768. The van der Waals surface area contributed by atoms with E-state index in [-0.39, 0.29) is 6.23 Å². The Morgan fingerprint density at radius 1 is 1.25 bits per heavy atom. The van der Waals surface area contributed by atoms with Crippen molar-refractivity contribution in [2.45, 2.75) is 19.1 Å². The largest absolute Gasteiger partial charge is 0.358 e. The zero-order valence-corrected chi connectivity index (χ0v) is 9.04. The molecule has 82 valence electrons.